The molecular formula is C11H15FN2O2. The number of ether oxygens (including phenoxy) is 1. The van der Waals surface area contributed by atoms with Gasteiger partial charge in [0.2, 0.25) is 5.95 Å². The molecule has 0 aliphatic carbocycles. The normalized spacial score (nSPS) is 10.5. The number of halogens is 1. The monoisotopic (exact) mass is 226 g/mol. The predicted octanol–water partition coefficient (Wildman–Crippen LogP) is 1.38. The molecule has 0 saturated heterocycles. The first-order valence-corrected chi connectivity index (χ1v) is 5.11. The molecule has 0 aliphatic heterocycles. The van der Waals surface area contributed by atoms with Crippen LogP contribution in [-0.4, -0.2) is 30.1 Å². The first kappa shape index (κ1) is 12.6. The third kappa shape index (κ3) is 3.94. The van der Waals surface area contributed by atoms with Crippen LogP contribution < -0.4 is 5.32 Å². The van der Waals surface area contributed by atoms with E-state index < -0.39 is 11.9 Å². The highest BCUT2D eigenvalue weighted by atomic mass is 19.1. The molecule has 0 aliphatic rings. The minimum absolute atomic E-state index is 0.0490. The molecule has 0 atom stereocenters. The van der Waals surface area contributed by atoms with E-state index in [1.165, 1.54) is 18.3 Å². The van der Waals surface area contributed by atoms with E-state index in [2.05, 4.69) is 10.3 Å². The molecule has 5 heteroatoms. The Bertz CT molecular complexity index is 356. The van der Waals surface area contributed by atoms with Crippen molar-refractivity contribution in [2.75, 3.05) is 13.2 Å². The highest BCUT2D eigenvalue weighted by Crippen LogP contribution is 2.02. The molecule has 1 heterocycles. The van der Waals surface area contributed by atoms with Gasteiger partial charge in [-0.2, -0.15) is 4.39 Å². The quantitative estimate of drug-likeness (QED) is 0.609. The van der Waals surface area contributed by atoms with E-state index >= 15 is 0 Å². The molecule has 1 rings (SSSR count). The fraction of sp³-hybridized carbons (Fsp3) is 0.455. The van der Waals surface area contributed by atoms with Crippen molar-refractivity contribution in [2.45, 2.75) is 20.0 Å². The Balaban J connectivity index is 2.39. The molecule has 0 unspecified atom stereocenters. The molecule has 1 N–H and O–H groups in total. The van der Waals surface area contributed by atoms with Crippen molar-refractivity contribution in [2.24, 2.45) is 0 Å². The average Bonchev–Trinajstić information content (AvgIpc) is 2.24. The third-order valence-electron chi connectivity index (χ3n) is 1.84. The van der Waals surface area contributed by atoms with Gasteiger partial charge in [-0.15, -0.1) is 0 Å². The van der Waals surface area contributed by atoms with Crippen LogP contribution in [0.15, 0.2) is 18.3 Å². The summed E-state index contributed by atoms with van der Waals surface area (Å²) in [5.41, 5.74) is -0.0490. The van der Waals surface area contributed by atoms with Gasteiger partial charge in [0.25, 0.3) is 5.91 Å². The van der Waals surface area contributed by atoms with Gasteiger partial charge in [-0.3, -0.25) is 4.79 Å². The van der Waals surface area contributed by atoms with Crippen LogP contribution in [0.25, 0.3) is 0 Å². The van der Waals surface area contributed by atoms with Crippen molar-refractivity contribution >= 4 is 5.91 Å². The lowest BCUT2D eigenvalue weighted by Gasteiger charge is -2.08. The Hall–Kier alpha value is -1.49. The fourth-order valence-electron chi connectivity index (χ4n) is 1.11. The van der Waals surface area contributed by atoms with E-state index in [1.807, 2.05) is 13.8 Å². The summed E-state index contributed by atoms with van der Waals surface area (Å²) in [5, 5.41) is 2.55. The molecule has 1 aromatic rings. The molecule has 0 radical (unpaired) electrons. The summed E-state index contributed by atoms with van der Waals surface area (Å²) in [6.07, 6.45) is 1.42. The maximum absolute atomic E-state index is 13.1. The number of rotatable bonds is 5. The molecule has 88 valence electrons. The second kappa shape index (κ2) is 6.17. The minimum atomic E-state index is -0.759. The van der Waals surface area contributed by atoms with Gasteiger partial charge in [0, 0.05) is 12.7 Å². The number of carbonyl (C=O) groups is 1. The number of hydrogen-bond acceptors (Lipinski definition) is 3. The molecule has 0 saturated carbocycles. The van der Waals surface area contributed by atoms with Crippen molar-refractivity contribution in [3.05, 3.63) is 29.8 Å². The van der Waals surface area contributed by atoms with Gasteiger partial charge in [-0.05, 0) is 26.0 Å². The molecule has 0 aromatic carbocycles. The highest BCUT2D eigenvalue weighted by molar-refractivity contribution is 5.94. The number of aromatic nitrogens is 1. The van der Waals surface area contributed by atoms with E-state index in [9.17, 15) is 9.18 Å². The van der Waals surface area contributed by atoms with Crippen molar-refractivity contribution in [3.8, 4) is 0 Å². The van der Waals surface area contributed by atoms with Crippen LogP contribution in [-0.2, 0) is 4.74 Å². The van der Waals surface area contributed by atoms with Gasteiger partial charge >= 0.3 is 0 Å². The Kier molecular flexibility index (Phi) is 4.85. The van der Waals surface area contributed by atoms with Gasteiger partial charge in [0.05, 0.1) is 18.3 Å². The van der Waals surface area contributed by atoms with Crippen LogP contribution >= 0.6 is 0 Å². The Morgan fingerprint density at radius 1 is 1.62 bits per heavy atom. The fourth-order valence-corrected chi connectivity index (χ4v) is 1.11. The summed E-state index contributed by atoms with van der Waals surface area (Å²) >= 11 is 0. The topological polar surface area (TPSA) is 51.2 Å². The molecule has 1 aromatic heterocycles. The summed E-state index contributed by atoms with van der Waals surface area (Å²) in [5.74, 6) is -1.23. The number of nitrogens with zero attached hydrogens (tertiary/aromatic N) is 1. The van der Waals surface area contributed by atoms with Gasteiger partial charge in [0.1, 0.15) is 0 Å². The van der Waals surface area contributed by atoms with Crippen LogP contribution in [0.4, 0.5) is 4.39 Å². The highest BCUT2D eigenvalue weighted by Gasteiger charge is 2.10. The zero-order valence-electron chi connectivity index (χ0n) is 9.37. The Morgan fingerprint density at radius 3 is 3.00 bits per heavy atom. The lowest BCUT2D eigenvalue weighted by atomic mass is 10.2. The first-order chi connectivity index (χ1) is 7.61. The second-order valence-corrected chi connectivity index (χ2v) is 3.52. The maximum Gasteiger partial charge on any atom is 0.256 e. The van der Waals surface area contributed by atoms with Crippen LogP contribution in [0.5, 0.6) is 0 Å². The van der Waals surface area contributed by atoms with E-state index in [0.29, 0.717) is 13.2 Å². The largest absolute Gasteiger partial charge is 0.377 e. The van der Waals surface area contributed by atoms with Gasteiger partial charge in [-0.25, -0.2) is 4.98 Å². The lowest BCUT2D eigenvalue weighted by molar-refractivity contribution is 0.0745. The standard InChI is InChI=1S/C11H15FN2O2/c1-8(2)16-7-6-14-11(15)9-4-3-5-13-10(9)12/h3-5,8H,6-7H2,1-2H3,(H,14,15). The summed E-state index contributed by atoms with van der Waals surface area (Å²) in [6.45, 7) is 4.57. The molecular weight excluding hydrogens is 211 g/mol. The molecule has 0 spiro atoms. The average molecular weight is 226 g/mol. The first-order valence-electron chi connectivity index (χ1n) is 5.11. The predicted molar refractivity (Wildman–Crippen MR) is 57.6 cm³/mol. The van der Waals surface area contributed by atoms with E-state index in [-0.39, 0.29) is 11.7 Å². The van der Waals surface area contributed by atoms with Crippen LogP contribution in [0, 0.1) is 5.95 Å². The Morgan fingerprint density at radius 2 is 2.38 bits per heavy atom. The zero-order valence-corrected chi connectivity index (χ0v) is 9.37. The number of carbonyl (C=O) groups excluding carboxylic acids is 1. The van der Waals surface area contributed by atoms with Crippen LogP contribution in [0.1, 0.15) is 24.2 Å². The summed E-state index contributed by atoms with van der Waals surface area (Å²) in [6, 6.07) is 2.91. The number of amides is 1. The van der Waals surface area contributed by atoms with E-state index in [4.69, 9.17) is 4.74 Å². The van der Waals surface area contributed by atoms with Crippen LogP contribution in [0.2, 0.25) is 0 Å². The van der Waals surface area contributed by atoms with Crippen molar-refractivity contribution in [1.29, 1.82) is 0 Å². The number of nitrogens with one attached hydrogen (secondary N) is 1. The summed E-state index contributed by atoms with van der Waals surface area (Å²) in [7, 11) is 0. The molecule has 16 heavy (non-hydrogen) atoms. The molecule has 0 bridgehead atoms. The van der Waals surface area contributed by atoms with Crippen molar-refractivity contribution in [3.63, 3.8) is 0 Å². The molecule has 0 fully saturated rings. The van der Waals surface area contributed by atoms with E-state index in [1.54, 1.807) is 0 Å². The van der Waals surface area contributed by atoms with E-state index in [0.717, 1.165) is 0 Å². The lowest BCUT2D eigenvalue weighted by Crippen LogP contribution is -2.28. The number of pyridine rings is 1. The minimum Gasteiger partial charge on any atom is -0.377 e. The Labute approximate surface area is 93.8 Å². The zero-order chi connectivity index (χ0) is 12.0. The molecule has 4 nitrogen and oxygen atoms in total. The van der Waals surface area contributed by atoms with Gasteiger partial charge < -0.3 is 10.1 Å². The smallest absolute Gasteiger partial charge is 0.256 e. The van der Waals surface area contributed by atoms with Gasteiger partial charge in [-0.1, -0.05) is 0 Å². The van der Waals surface area contributed by atoms with Crippen molar-refractivity contribution in [1.82, 2.24) is 10.3 Å². The molecule has 1 amide bonds. The third-order valence-corrected chi connectivity index (χ3v) is 1.84. The van der Waals surface area contributed by atoms with Gasteiger partial charge in [0.15, 0.2) is 0 Å². The second-order valence-electron chi connectivity index (χ2n) is 3.52. The van der Waals surface area contributed by atoms with Crippen molar-refractivity contribution < 1.29 is 13.9 Å². The summed E-state index contributed by atoms with van der Waals surface area (Å²) < 4.78 is 18.3. The number of hydrogen-bond donors (Lipinski definition) is 1. The maximum atomic E-state index is 13.1. The summed E-state index contributed by atoms with van der Waals surface area (Å²) in [4.78, 5) is 14.9. The SMILES string of the molecule is CC(C)OCCNC(=O)c1cccnc1F. The van der Waals surface area contributed by atoms with Crippen LogP contribution in [0.3, 0.4) is 0 Å².